The first kappa shape index (κ1) is 19.7. The van der Waals surface area contributed by atoms with Gasteiger partial charge in [-0.1, -0.05) is 23.7 Å². The number of carbonyl (C=O) groups is 2. The molecule has 8 heteroatoms. The number of nitrogens with one attached hydrogen (secondary N) is 1. The summed E-state index contributed by atoms with van der Waals surface area (Å²) in [5.41, 5.74) is 9.73. The Morgan fingerprint density at radius 3 is 2.63 bits per heavy atom. The SMILES string of the molecule is Cn1cc(-c2cc(C(N)=O)ccc2CNC(=O)c2cc3ccc(Cl)cc3n2C)cn1. The van der Waals surface area contributed by atoms with Gasteiger partial charge in [-0.05, 0) is 41.5 Å². The number of carbonyl (C=O) groups excluding carboxylic acids is 2. The molecule has 0 fully saturated rings. The monoisotopic (exact) mass is 421 g/mol. The second-order valence-electron chi connectivity index (χ2n) is 7.11. The van der Waals surface area contributed by atoms with E-state index in [2.05, 4.69) is 10.4 Å². The first-order valence-corrected chi connectivity index (χ1v) is 9.66. The smallest absolute Gasteiger partial charge is 0.268 e. The number of nitrogens with two attached hydrogens (primary N) is 1. The van der Waals surface area contributed by atoms with Gasteiger partial charge in [0.15, 0.2) is 0 Å². The van der Waals surface area contributed by atoms with Crippen LogP contribution in [0.1, 0.15) is 26.4 Å². The fourth-order valence-corrected chi connectivity index (χ4v) is 3.67. The molecule has 4 rings (SSSR count). The van der Waals surface area contributed by atoms with Gasteiger partial charge in [0, 0.05) is 53.9 Å². The minimum Gasteiger partial charge on any atom is -0.366 e. The third-order valence-corrected chi connectivity index (χ3v) is 5.32. The first-order chi connectivity index (χ1) is 14.3. The van der Waals surface area contributed by atoms with E-state index in [4.69, 9.17) is 17.3 Å². The van der Waals surface area contributed by atoms with Gasteiger partial charge in [-0.15, -0.1) is 0 Å². The van der Waals surface area contributed by atoms with Crippen molar-refractivity contribution in [3.8, 4) is 11.1 Å². The number of benzene rings is 2. The van der Waals surface area contributed by atoms with Crippen LogP contribution in [0.5, 0.6) is 0 Å². The van der Waals surface area contributed by atoms with Crippen LogP contribution in [0.25, 0.3) is 22.0 Å². The molecule has 30 heavy (non-hydrogen) atoms. The lowest BCUT2D eigenvalue weighted by Gasteiger charge is -2.12. The maximum Gasteiger partial charge on any atom is 0.268 e. The molecule has 2 heterocycles. The Kier molecular flexibility index (Phi) is 5.05. The van der Waals surface area contributed by atoms with Crippen LogP contribution in [0.15, 0.2) is 54.9 Å². The summed E-state index contributed by atoms with van der Waals surface area (Å²) in [7, 11) is 3.64. The number of rotatable bonds is 5. The molecule has 2 aromatic carbocycles. The molecule has 0 aliphatic rings. The number of hydrogen-bond acceptors (Lipinski definition) is 3. The molecule has 152 valence electrons. The van der Waals surface area contributed by atoms with Crippen LogP contribution in [-0.2, 0) is 20.6 Å². The minimum atomic E-state index is -0.509. The number of aromatic nitrogens is 3. The summed E-state index contributed by atoms with van der Waals surface area (Å²) in [5.74, 6) is -0.717. The molecule has 0 spiro atoms. The topological polar surface area (TPSA) is 94.9 Å². The fraction of sp³-hybridized carbons (Fsp3) is 0.136. The highest BCUT2D eigenvalue weighted by molar-refractivity contribution is 6.31. The molecule has 4 aromatic rings. The molecular formula is C22H20ClN5O2. The highest BCUT2D eigenvalue weighted by atomic mass is 35.5. The van der Waals surface area contributed by atoms with E-state index < -0.39 is 5.91 Å². The second-order valence-corrected chi connectivity index (χ2v) is 7.55. The molecule has 3 N–H and O–H groups in total. The molecule has 7 nitrogen and oxygen atoms in total. The standard InChI is InChI=1S/C22H20ClN5O2/c1-27-12-16(11-26-27)18-7-14(21(24)29)3-4-15(18)10-25-22(30)20-8-13-5-6-17(23)9-19(13)28(20)2/h3-9,11-12H,10H2,1-2H3,(H2,24,29)(H,25,30). The molecule has 2 amide bonds. The van der Waals surface area contributed by atoms with Crippen molar-refractivity contribution in [2.45, 2.75) is 6.54 Å². The number of amides is 2. The van der Waals surface area contributed by atoms with Crippen LogP contribution in [0.2, 0.25) is 5.02 Å². The highest BCUT2D eigenvalue weighted by Gasteiger charge is 2.16. The zero-order valence-electron chi connectivity index (χ0n) is 16.5. The fourth-order valence-electron chi connectivity index (χ4n) is 3.50. The normalized spacial score (nSPS) is 11.0. The Balaban J connectivity index is 1.63. The van der Waals surface area contributed by atoms with Crippen LogP contribution in [0.3, 0.4) is 0 Å². The van der Waals surface area contributed by atoms with E-state index in [1.165, 1.54) is 0 Å². The summed E-state index contributed by atoms with van der Waals surface area (Å²) in [6.45, 7) is 0.282. The maximum atomic E-state index is 12.9. The van der Waals surface area contributed by atoms with Crippen LogP contribution in [-0.4, -0.2) is 26.2 Å². The van der Waals surface area contributed by atoms with Crippen LogP contribution >= 0.6 is 11.6 Å². The zero-order chi connectivity index (χ0) is 21.4. The van der Waals surface area contributed by atoms with E-state index in [1.54, 1.807) is 35.1 Å². The third-order valence-electron chi connectivity index (χ3n) is 5.09. The van der Waals surface area contributed by atoms with Crippen LogP contribution < -0.4 is 11.1 Å². The number of nitrogens with zero attached hydrogens (tertiary/aromatic N) is 3. The van der Waals surface area contributed by atoms with Crippen molar-refractivity contribution in [2.75, 3.05) is 0 Å². The molecular weight excluding hydrogens is 402 g/mol. The molecule has 0 unspecified atom stereocenters. The van der Waals surface area contributed by atoms with E-state index in [9.17, 15) is 9.59 Å². The Labute approximate surface area is 178 Å². The van der Waals surface area contributed by atoms with Crippen LogP contribution in [0, 0.1) is 0 Å². The molecule has 0 atom stereocenters. The van der Waals surface area contributed by atoms with Crippen molar-refractivity contribution in [3.05, 3.63) is 76.7 Å². The van der Waals surface area contributed by atoms with E-state index in [-0.39, 0.29) is 12.5 Å². The van der Waals surface area contributed by atoms with Gasteiger partial charge < -0.3 is 15.6 Å². The van der Waals surface area contributed by atoms with E-state index in [0.29, 0.717) is 16.3 Å². The molecule has 0 aliphatic heterocycles. The third kappa shape index (κ3) is 3.67. The Hall–Kier alpha value is -3.58. The summed E-state index contributed by atoms with van der Waals surface area (Å²) in [6.07, 6.45) is 3.55. The predicted molar refractivity (Wildman–Crippen MR) is 116 cm³/mol. The average Bonchev–Trinajstić information content (AvgIpc) is 3.29. The van der Waals surface area contributed by atoms with Crippen molar-refractivity contribution >= 4 is 34.3 Å². The molecule has 0 saturated heterocycles. The number of hydrogen-bond donors (Lipinski definition) is 2. The highest BCUT2D eigenvalue weighted by Crippen LogP contribution is 2.26. The van der Waals surface area contributed by atoms with Crippen molar-refractivity contribution in [1.82, 2.24) is 19.7 Å². The van der Waals surface area contributed by atoms with Gasteiger partial charge in [-0.3, -0.25) is 14.3 Å². The van der Waals surface area contributed by atoms with Gasteiger partial charge in [0.25, 0.3) is 5.91 Å². The van der Waals surface area contributed by atoms with E-state index >= 15 is 0 Å². The van der Waals surface area contributed by atoms with Gasteiger partial charge in [0.1, 0.15) is 5.69 Å². The first-order valence-electron chi connectivity index (χ1n) is 9.28. The largest absolute Gasteiger partial charge is 0.366 e. The molecule has 0 saturated carbocycles. The molecule has 0 bridgehead atoms. The van der Waals surface area contributed by atoms with Crippen molar-refractivity contribution in [2.24, 2.45) is 19.8 Å². The Bertz CT molecular complexity index is 1290. The van der Waals surface area contributed by atoms with Crippen molar-refractivity contribution in [1.29, 1.82) is 0 Å². The zero-order valence-corrected chi connectivity index (χ0v) is 17.3. The summed E-state index contributed by atoms with van der Waals surface area (Å²) >= 11 is 6.08. The lowest BCUT2D eigenvalue weighted by Crippen LogP contribution is -2.25. The van der Waals surface area contributed by atoms with Crippen LogP contribution in [0.4, 0.5) is 0 Å². The van der Waals surface area contributed by atoms with Gasteiger partial charge >= 0.3 is 0 Å². The van der Waals surface area contributed by atoms with E-state index in [0.717, 1.165) is 27.6 Å². The number of aryl methyl sites for hydroxylation is 2. The molecule has 0 radical (unpaired) electrons. The average molecular weight is 422 g/mol. The van der Waals surface area contributed by atoms with E-state index in [1.807, 2.05) is 43.1 Å². The van der Waals surface area contributed by atoms with Gasteiger partial charge in [0.2, 0.25) is 5.91 Å². The Morgan fingerprint density at radius 2 is 1.93 bits per heavy atom. The van der Waals surface area contributed by atoms with Gasteiger partial charge in [-0.25, -0.2) is 0 Å². The molecule has 0 aliphatic carbocycles. The minimum absolute atomic E-state index is 0.207. The summed E-state index contributed by atoms with van der Waals surface area (Å²) in [4.78, 5) is 24.5. The van der Waals surface area contributed by atoms with Gasteiger partial charge in [-0.2, -0.15) is 5.10 Å². The predicted octanol–water partition coefficient (Wildman–Crippen LogP) is 3.26. The maximum absolute atomic E-state index is 12.9. The lowest BCUT2D eigenvalue weighted by molar-refractivity contribution is 0.0942. The summed E-state index contributed by atoms with van der Waals surface area (Å²) in [6, 6.07) is 12.5. The van der Waals surface area contributed by atoms with Crippen molar-refractivity contribution in [3.63, 3.8) is 0 Å². The lowest BCUT2D eigenvalue weighted by atomic mass is 9.99. The number of fused-ring (bicyclic) bond motifs is 1. The molecule has 2 aromatic heterocycles. The van der Waals surface area contributed by atoms with Crippen molar-refractivity contribution < 1.29 is 9.59 Å². The number of primary amides is 1. The quantitative estimate of drug-likeness (QED) is 0.517. The number of halogens is 1. The van der Waals surface area contributed by atoms with Gasteiger partial charge in [0.05, 0.1) is 6.20 Å². The summed E-state index contributed by atoms with van der Waals surface area (Å²) in [5, 5.41) is 8.71. The second kappa shape index (κ2) is 7.68. The Morgan fingerprint density at radius 1 is 1.13 bits per heavy atom. The summed E-state index contributed by atoms with van der Waals surface area (Å²) < 4.78 is 3.49.